The second-order valence-corrected chi connectivity index (χ2v) is 15.3. The van der Waals surface area contributed by atoms with E-state index >= 15 is 0 Å². The van der Waals surface area contributed by atoms with Crippen LogP contribution in [-0.2, 0) is 23.9 Å². The molecule has 0 bridgehead atoms. The standard InChI is InChI=1S/C22H40N2O3.C17H31NO2/c1-4-19(23-2)21(25)24(16-18-13-9-6-10-14-18)20(22(26)27-3)15-17-11-7-5-8-12-17;1-20-17(19)16(12-14-8-4-2-5-9-14)18-13-15-10-6-3-7-11-15/h17-20,23H,4-16H2,1-3H3;14-16,18H,2-13H2,1H3/t19?,20-;16-/m00/s1. The Morgan fingerprint density at radius 1 is 0.617 bits per heavy atom. The van der Waals surface area contributed by atoms with Gasteiger partial charge in [-0.05, 0) is 82.2 Å². The highest BCUT2D eigenvalue weighted by molar-refractivity contribution is 5.87. The highest BCUT2D eigenvalue weighted by Gasteiger charge is 2.37. The minimum absolute atomic E-state index is 0.0635. The Balaban J connectivity index is 0.000000267. The minimum atomic E-state index is -0.435. The summed E-state index contributed by atoms with van der Waals surface area (Å²) < 4.78 is 10.2. The molecule has 1 unspecified atom stereocenters. The molecule has 272 valence electrons. The van der Waals surface area contributed by atoms with Gasteiger partial charge in [0.05, 0.1) is 20.3 Å². The van der Waals surface area contributed by atoms with Gasteiger partial charge in [0.15, 0.2) is 0 Å². The smallest absolute Gasteiger partial charge is 0.328 e. The van der Waals surface area contributed by atoms with Crippen LogP contribution in [0.3, 0.4) is 0 Å². The number of carbonyl (C=O) groups is 3. The van der Waals surface area contributed by atoms with Crippen LogP contribution in [0.5, 0.6) is 0 Å². The van der Waals surface area contributed by atoms with Gasteiger partial charge >= 0.3 is 11.9 Å². The van der Waals surface area contributed by atoms with Crippen LogP contribution in [0.25, 0.3) is 0 Å². The first-order valence-corrected chi connectivity index (χ1v) is 19.8. The van der Waals surface area contributed by atoms with E-state index in [9.17, 15) is 14.4 Å². The molecule has 4 fully saturated rings. The average molecular weight is 662 g/mol. The Kier molecular flexibility index (Phi) is 19.3. The third-order valence-electron chi connectivity index (χ3n) is 11.8. The Labute approximate surface area is 287 Å². The van der Waals surface area contributed by atoms with Crippen molar-refractivity contribution >= 4 is 17.8 Å². The minimum Gasteiger partial charge on any atom is -0.468 e. The van der Waals surface area contributed by atoms with Crippen molar-refractivity contribution in [3.8, 4) is 0 Å². The van der Waals surface area contributed by atoms with Gasteiger partial charge in [0.1, 0.15) is 12.1 Å². The van der Waals surface area contributed by atoms with Crippen molar-refractivity contribution in [2.24, 2.45) is 23.7 Å². The quantitative estimate of drug-likeness (QED) is 0.175. The molecule has 1 amide bonds. The van der Waals surface area contributed by atoms with Crippen molar-refractivity contribution in [2.75, 3.05) is 34.4 Å². The molecule has 4 aliphatic rings. The molecule has 0 aromatic carbocycles. The molecule has 4 rings (SSSR count). The third-order valence-corrected chi connectivity index (χ3v) is 11.8. The van der Waals surface area contributed by atoms with E-state index in [0.717, 1.165) is 44.6 Å². The molecule has 0 aliphatic heterocycles. The molecule has 4 aliphatic carbocycles. The van der Waals surface area contributed by atoms with Gasteiger partial charge in [0.25, 0.3) is 0 Å². The summed E-state index contributed by atoms with van der Waals surface area (Å²) in [5.74, 6) is 2.28. The van der Waals surface area contributed by atoms with Crippen molar-refractivity contribution in [1.82, 2.24) is 15.5 Å². The number of carbonyl (C=O) groups excluding carboxylic acids is 3. The molecule has 3 atom stereocenters. The predicted octanol–water partition coefficient (Wildman–Crippen LogP) is 7.57. The van der Waals surface area contributed by atoms with E-state index in [0.29, 0.717) is 24.3 Å². The van der Waals surface area contributed by atoms with Crippen molar-refractivity contribution in [3.63, 3.8) is 0 Å². The zero-order valence-electron chi connectivity index (χ0n) is 30.7. The Bertz CT molecular complexity index is 872. The lowest BCUT2D eigenvalue weighted by Crippen LogP contribution is -2.54. The molecule has 2 N–H and O–H groups in total. The second-order valence-electron chi connectivity index (χ2n) is 15.3. The summed E-state index contributed by atoms with van der Waals surface area (Å²) in [6.45, 7) is 3.71. The van der Waals surface area contributed by atoms with Crippen molar-refractivity contribution < 1.29 is 23.9 Å². The number of nitrogens with zero attached hydrogens (tertiary/aromatic N) is 1. The number of ether oxygens (including phenoxy) is 2. The summed E-state index contributed by atoms with van der Waals surface area (Å²) in [5.41, 5.74) is 0. The van der Waals surface area contributed by atoms with E-state index in [-0.39, 0.29) is 29.9 Å². The largest absolute Gasteiger partial charge is 0.468 e. The summed E-state index contributed by atoms with van der Waals surface area (Å²) >= 11 is 0. The average Bonchev–Trinajstić information content (AvgIpc) is 3.13. The predicted molar refractivity (Wildman–Crippen MR) is 190 cm³/mol. The number of likely N-dealkylation sites (N-methyl/N-ethyl adjacent to an activating group) is 1. The number of nitrogens with one attached hydrogen (secondary N) is 2. The van der Waals surface area contributed by atoms with Gasteiger partial charge in [-0.2, -0.15) is 0 Å². The van der Waals surface area contributed by atoms with Gasteiger partial charge in [-0.25, -0.2) is 4.79 Å². The van der Waals surface area contributed by atoms with Crippen LogP contribution in [0.1, 0.15) is 155 Å². The van der Waals surface area contributed by atoms with Crippen LogP contribution in [-0.4, -0.2) is 75.2 Å². The summed E-state index contributed by atoms with van der Waals surface area (Å²) in [6.07, 6.45) is 28.0. The molecular formula is C39H71N3O5. The first-order valence-electron chi connectivity index (χ1n) is 19.8. The Morgan fingerprint density at radius 2 is 1.06 bits per heavy atom. The number of amides is 1. The fraction of sp³-hybridized carbons (Fsp3) is 0.923. The monoisotopic (exact) mass is 662 g/mol. The Hall–Kier alpha value is -1.67. The van der Waals surface area contributed by atoms with E-state index in [1.165, 1.54) is 130 Å². The van der Waals surface area contributed by atoms with Crippen molar-refractivity contribution in [1.29, 1.82) is 0 Å². The van der Waals surface area contributed by atoms with Gasteiger partial charge in [0.2, 0.25) is 5.91 Å². The van der Waals surface area contributed by atoms with E-state index in [2.05, 4.69) is 10.6 Å². The normalized spacial score (nSPS) is 22.3. The van der Waals surface area contributed by atoms with E-state index in [4.69, 9.17) is 9.47 Å². The van der Waals surface area contributed by atoms with E-state index in [1.54, 1.807) is 0 Å². The molecule has 0 spiro atoms. The molecule has 0 heterocycles. The first kappa shape index (κ1) is 39.8. The molecule has 0 radical (unpaired) electrons. The maximum Gasteiger partial charge on any atom is 0.328 e. The highest BCUT2D eigenvalue weighted by Crippen LogP contribution is 2.32. The summed E-state index contributed by atoms with van der Waals surface area (Å²) in [5, 5.41) is 6.65. The molecule has 47 heavy (non-hydrogen) atoms. The lowest BCUT2D eigenvalue weighted by atomic mass is 9.83. The molecular weight excluding hydrogens is 590 g/mol. The number of hydrogen-bond donors (Lipinski definition) is 2. The zero-order chi connectivity index (χ0) is 33.9. The van der Waals surface area contributed by atoms with Gasteiger partial charge in [-0.15, -0.1) is 0 Å². The number of methoxy groups -OCH3 is 2. The summed E-state index contributed by atoms with van der Waals surface area (Å²) in [7, 11) is 4.80. The van der Waals surface area contributed by atoms with Crippen LogP contribution in [0.15, 0.2) is 0 Å². The maximum absolute atomic E-state index is 13.3. The van der Waals surface area contributed by atoms with Crippen LogP contribution in [0.2, 0.25) is 0 Å². The van der Waals surface area contributed by atoms with E-state index in [1.807, 2.05) is 18.9 Å². The molecule has 8 nitrogen and oxygen atoms in total. The highest BCUT2D eigenvalue weighted by atomic mass is 16.5. The van der Waals surface area contributed by atoms with E-state index < -0.39 is 6.04 Å². The molecule has 0 saturated heterocycles. The van der Waals surface area contributed by atoms with Gasteiger partial charge in [0, 0.05) is 6.54 Å². The molecule has 0 aromatic heterocycles. The number of hydrogen-bond acceptors (Lipinski definition) is 7. The maximum atomic E-state index is 13.3. The molecule has 8 heteroatoms. The topological polar surface area (TPSA) is 97.0 Å². The van der Waals surface area contributed by atoms with Crippen LogP contribution in [0.4, 0.5) is 0 Å². The fourth-order valence-corrected chi connectivity index (χ4v) is 8.81. The van der Waals surface area contributed by atoms with Crippen molar-refractivity contribution in [2.45, 2.75) is 173 Å². The van der Waals surface area contributed by atoms with Crippen LogP contribution >= 0.6 is 0 Å². The Morgan fingerprint density at radius 3 is 1.51 bits per heavy atom. The summed E-state index contributed by atoms with van der Waals surface area (Å²) in [4.78, 5) is 39.9. The van der Waals surface area contributed by atoms with Crippen LogP contribution < -0.4 is 10.6 Å². The zero-order valence-corrected chi connectivity index (χ0v) is 30.7. The molecule has 4 saturated carbocycles. The lowest BCUT2D eigenvalue weighted by molar-refractivity contribution is -0.155. The van der Waals surface area contributed by atoms with Gasteiger partial charge in [-0.3, -0.25) is 9.59 Å². The first-order chi connectivity index (χ1) is 22.9. The second kappa shape index (κ2) is 22.9. The summed E-state index contributed by atoms with van der Waals surface area (Å²) in [6, 6.07) is -0.743. The number of rotatable bonds is 15. The lowest BCUT2D eigenvalue weighted by Gasteiger charge is -2.38. The van der Waals surface area contributed by atoms with Crippen molar-refractivity contribution in [3.05, 3.63) is 0 Å². The fourth-order valence-electron chi connectivity index (χ4n) is 8.81. The number of esters is 2. The van der Waals surface area contributed by atoms with Gasteiger partial charge < -0.3 is 25.0 Å². The molecule has 0 aromatic rings. The van der Waals surface area contributed by atoms with Crippen LogP contribution in [0, 0.1) is 23.7 Å². The SMILES string of the molecule is CCC(NC)C(=O)N(CC1CCCCC1)[C@@H](CC1CCCCC1)C(=O)OC.COC(=O)[C@H](CC1CCCCC1)NCC1CCCCC1. The third kappa shape index (κ3) is 14.0. The van der Waals surface area contributed by atoms with Gasteiger partial charge in [-0.1, -0.05) is 110 Å².